The van der Waals surface area contributed by atoms with Crippen LogP contribution in [-0.4, -0.2) is 15.9 Å². The highest BCUT2D eigenvalue weighted by Crippen LogP contribution is 2.19. The summed E-state index contributed by atoms with van der Waals surface area (Å²) in [5, 5.41) is 6.55. The molecule has 0 saturated carbocycles. The Hall–Kier alpha value is -2.92. The van der Waals surface area contributed by atoms with Gasteiger partial charge in [-0.2, -0.15) is 0 Å². The second kappa shape index (κ2) is 7.77. The first-order chi connectivity index (χ1) is 12.2. The fourth-order valence-corrected chi connectivity index (χ4v) is 2.57. The summed E-state index contributed by atoms with van der Waals surface area (Å²) in [5.41, 5.74) is 2.90. The molecule has 1 heterocycles. The number of anilines is 3. The molecular formula is C19H17ClN4O. The minimum absolute atomic E-state index is 0.280. The topological polar surface area (TPSA) is 66.9 Å². The molecule has 1 aromatic heterocycles. The Labute approximate surface area is 151 Å². The summed E-state index contributed by atoms with van der Waals surface area (Å²) >= 11 is 5.97. The van der Waals surface area contributed by atoms with Gasteiger partial charge in [0.05, 0.1) is 0 Å². The third-order valence-corrected chi connectivity index (χ3v) is 3.85. The number of nitrogens with one attached hydrogen (secondary N) is 2. The fraction of sp³-hybridized carbons (Fsp3) is 0.105. The maximum atomic E-state index is 12.5. The first-order valence-corrected chi connectivity index (χ1v) is 8.28. The Morgan fingerprint density at radius 3 is 2.76 bits per heavy atom. The van der Waals surface area contributed by atoms with E-state index in [1.165, 1.54) is 0 Å². The van der Waals surface area contributed by atoms with Crippen molar-refractivity contribution < 1.29 is 4.79 Å². The van der Waals surface area contributed by atoms with E-state index in [2.05, 4.69) is 20.6 Å². The summed E-state index contributed by atoms with van der Waals surface area (Å²) in [6, 6.07) is 16.5. The molecule has 5 nitrogen and oxygen atoms in total. The Bertz CT molecular complexity index is 898. The van der Waals surface area contributed by atoms with Gasteiger partial charge < -0.3 is 10.6 Å². The van der Waals surface area contributed by atoms with Crippen molar-refractivity contribution in [2.24, 2.45) is 0 Å². The number of halogens is 1. The van der Waals surface area contributed by atoms with E-state index in [0.717, 1.165) is 23.4 Å². The van der Waals surface area contributed by atoms with E-state index in [1.807, 2.05) is 43.3 Å². The lowest BCUT2D eigenvalue weighted by molar-refractivity contribution is 0.102. The number of hydrogen-bond donors (Lipinski definition) is 2. The van der Waals surface area contributed by atoms with Gasteiger partial charge in [-0.1, -0.05) is 42.8 Å². The molecule has 6 heteroatoms. The molecule has 0 bridgehead atoms. The van der Waals surface area contributed by atoms with Crippen LogP contribution in [-0.2, 0) is 6.42 Å². The van der Waals surface area contributed by atoms with Gasteiger partial charge in [0.2, 0.25) is 5.95 Å². The highest BCUT2D eigenvalue weighted by atomic mass is 35.5. The Morgan fingerprint density at radius 2 is 1.96 bits per heavy atom. The van der Waals surface area contributed by atoms with E-state index in [1.54, 1.807) is 24.4 Å². The van der Waals surface area contributed by atoms with Crippen molar-refractivity contribution in [1.82, 2.24) is 9.97 Å². The van der Waals surface area contributed by atoms with E-state index in [9.17, 15) is 4.79 Å². The highest BCUT2D eigenvalue weighted by Gasteiger charge is 2.11. The molecule has 3 rings (SSSR count). The monoisotopic (exact) mass is 352 g/mol. The summed E-state index contributed by atoms with van der Waals surface area (Å²) in [6.45, 7) is 2.04. The van der Waals surface area contributed by atoms with Gasteiger partial charge in [-0.15, -0.1) is 0 Å². The molecule has 3 aromatic rings. The van der Waals surface area contributed by atoms with Gasteiger partial charge >= 0.3 is 0 Å². The molecule has 0 unspecified atom stereocenters. The summed E-state index contributed by atoms with van der Waals surface area (Å²) in [6.07, 6.45) is 2.38. The van der Waals surface area contributed by atoms with Gasteiger partial charge in [0.15, 0.2) is 0 Å². The molecule has 126 valence electrons. The van der Waals surface area contributed by atoms with Crippen LogP contribution >= 0.6 is 11.6 Å². The van der Waals surface area contributed by atoms with E-state index in [-0.39, 0.29) is 11.6 Å². The minimum Gasteiger partial charge on any atom is -0.324 e. The molecule has 0 spiro atoms. The standard InChI is InChI=1S/C19H17ClN4O/c1-2-13-6-3-4-9-16(13)23-18(25)17-10-11-21-19(24-17)22-15-8-5-7-14(20)12-15/h3-12H,2H2,1H3,(H,23,25)(H,21,22,24). The van der Waals surface area contributed by atoms with E-state index < -0.39 is 0 Å². The first kappa shape index (κ1) is 16.9. The second-order valence-corrected chi connectivity index (χ2v) is 5.80. The average Bonchev–Trinajstić information content (AvgIpc) is 2.62. The van der Waals surface area contributed by atoms with Crippen LogP contribution < -0.4 is 10.6 Å². The zero-order valence-corrected chi connectivity index (χ0v) is 14.4. The molecule has 0 saturated heterocycles. The number of benzene rings is 2. The van der Waals surface area contributed by atoms with Gasteiger partial charge in [0, 0.05) is 22.6 Å². The lowest BCUT2D eigenvalue weighted by atomic mass is 10.1. The van der Waals surface area contributed by atoms with Gasteiger partial charge in [0.1, 0.15) is 5.69 Å². The van der Waals surface area contributed by atoms with Crippen molar-refractivity contribution in [3.8, 4) is 0 Å². The molecule has 0 atom stereocenters. The molecule has 0 aliphatic rings. The maximum Gasteiger partial charge on any atom is 0.274 e. The summed E-state index contributed by atoms with van der Waals surface area (Å²) in [4.78, 5) is 20.9. The average molecular weight is 353 g/mol. The third-order valence-electron chi connectivity index (χ3n) is 3.62. The number of aromatic nitrogens is 2. The van der Waals surface area contributed by atoms with Crippen molar-refractivity contribution in [3.63, 3.8) is 0 Å². The number of hydrogen-bond acceptors (Lipinski definition) is 4. The van der Waals surface area contributed by atoms with Gasteiger partial charge in [0.25, 0.3) is 5.91 Å². The predicted octanol–water partition coefficient (Wildman–Crippen LogP) is 4.69. The van der Waals surface area contributed by atoms with Crippen LogP contribution in [0.5, 0.6) is 0 Å². The van der Waals surface area contributed by atoms with Crippen LogP contribution in [0.3, 0.4) is 0 Å². The number of carbonyl (C=O) groups is 1. The van der Waals surface area contributed by atoms with E-state index in [0.29, 0.717) is 11.0 Å². The summed E-state index contributed by atoms with van der Waals surface area (Å²) < 4.78 is 0. The van der Waals surface area contributed by atoms with Crippen molar-refractivity contribution in [2.45, 2.75) is 13.3 Å². The molecule has 0 fully saturated rings. The molecule has 1 amide bonds. The summed E-state index contributed by atoms with van der Waals surface area (Å²) in [5.74, 6) is 0.0520. The fourth-order valence-electron chi connectivity index (χ4n) is 2.38. The minimum atomic E-state index is -0.280. The van der Waals surface area contributed by atoms with Crippen LogP contribution in [0.4, 0.5) is 17.3 Å². The van der Waals surface area contributed by atoms with Gasteiger partial charge in [-0.25, -0.2) is 9.97 Å². The Kier molecular flexibility index (Phi) is 5.26. The van der Waals surface area contributed by atoms with Gasteiger partial charge in [-0.05, 0) is 42.3 Å². The lowest BCUT2D eigenvalue weighted by Gasteiger charge is -2.10. The van der Waals surface area contributed by atoms with Crippen molar-refractivity contribution in [1.29, 1.82) is 0 Å². The lowest BCUT2D eigenvalue weighted by Crippen LogP contribution is -2.15. The first-order valence-electron chi connectivity index (χ1n) is 7.90. The summed E-state index contributed by atoms with van der Waals surface area (Å²) in [7, 11) is 0. The number of amides is 1. The molecule has 2 aromatic carbocycles. The largest absolute Gasteiger partial charge is 0.324 e. The number of aryl methyl sites for hydroxylation is 1. The number of rotatable bonds is 5. The van der Waals surface area contributed by atoms with Crippen LogP contribution in [0.2, 0.25) is 5.02 Å². The molecule has 0 aliphatic carbocycles. The van der Waals surface area contributed by atoms with E-state index >= 15 is 0 Å². The Morgan fingerprint density at radius 1 is 1.12 bits per heavy atom. The van der Waals surface area contributed by atoms with E-state index in [4.69, 9.17) is 11.6 Å². The van der Waals surface area contributed by atoms with Crippen molar-refractivity contribution >= 4 is 34.8 Å². The molecule has 2 N–H and O–H groups in total. The van der Waals surface area contributed by atoms with Crippen LogP contribution in [0.15, 0.2) is 60.8 Å². The van der Waals surface area contributed by atoms with Crippen LogP contribution in [0.1, 0.15) is 23.0 Å². The quantitative estimate of drug-likeness (QED) is 0.699. The number of para-hydroxylation sites is 1. The molecular weight excluding hydrogens is 336 g/mol. The second-order valence-electron chi connectivity index (χ2n) is 5.37. The maximum absolute atomic E-state index is 12.5. The molecule has 0 radical (unpaired) electrons. The van der Waals surface area contributed by atoms with Gasteiger partial charge in [-0.3, -0.25) is 4.79 Å². The number of nitrogens with zero attached hydrogens (tertiary/aromatic N) is 2. The zero-order valence-electron chi connectivity index (χ0n) is 13.7. The predicted molar refractivity (Wildman–Crippen MR) is 101 cm³/mol. The van der Waals surface area contributed by atoms with Crippen molar-refractivity contribution in [3.05, 3.63) is 77.1 Å². The molecule has 25 heavy (non-hydrogen) atoms. The SMILES string of the molecule is CCc1ccccc1NC(=O)c1ccnc(Nc2cccc(Cl)c2)n1. The van der Waals surface area contributed by atoms with Crippen molar-refractivity contribution in [2.75, 3.05) is 10.6 Å². The van der Waals surface area contributed by atoms with Crippen LogP contribution in [0, 0.1) is 0 Å². The molecule has 0 aliphatic heterocycles. The smallest absolute Gasteiger partial charge is 0.274 e. The Balaban J connectivity index is 1.77. The third kappa shape index (κ3) is 4.33. The number of carbonyl (C=O) groups excluding carboxylic acids is 1. The van der Waals surface area contributed by atoms with Crippen LogP contribution in [0.25, 0.3) is 0 Å². The normalized spacial score (nSPS) is 10.3. The zero-order chi connectivity index (χ0) is 17.6. The highest BCUT2D eigenvalue weighted by molar-refractivity contribution is 6.30.